The average molecular weight is 236 g/mol. The molecule has 0 radical (unpaired) electrons. The number of rotatable bonds is 3. The first-order chi connectivity index (χ1) is 8.16. The Kier molecular flexibility index (Phi) is 3.74. The standard InChI is InChI=1S/C13H17FN2O/c1-9-12(5-6-15-9)13(17)16-8-10-3-2-4-11(14)7-10/h2-4,7,9,12,15H,5-6,8H2,1H3,(H,16,17)/t9-,12+/m0/s1. The van der Waals surface area contributed by atoms with Gasteiger partial charge in [-0.1, -0.05) is 12.1 Å². The Labute approximate surface area is 100 Å². The highest BCUT2D eigenvalue weighted by Gasteiger charge is 2.28. The number of carbonyl (C=O) groups is 1. The third-order valence-electron chi connectivity index (χ3n) is 3.22. The van der Waals surface area contributed by atoms with Crippen molar-refractivity contribution in [3.63, 3.8) is 0 Å². The van der Waals surface area contributed by atoms with Gasteiger partial charge in [-0.15, -0.1) is 0 Å². The van der Waals surface area contributed by atoms with Crippen LogP contribution in [0.25, 0.3) is 0 Å². The van der Waals surface area contributed by atoms with Crippen molar-refractivity contribution in [2.24, 2.45) is 5.92 Å². The Morgan fingerprint density at radius 1 is 1.59 bits per heavy atom. The van der Waals surface area contributed by atoms with E-state index in [-0.39, 0.29) is 23.7 Å². The van der Waals surface area contributed by atoms with Gasteiger partial charge in [-0.25, -0.2) is 4.39 Å². The molecular weight excluding hydrogens is 219 g/mol. The number of halogens is 1. The van der Waals surface area contributed by atoms with Gasteiger partial charge in [0.25, 0.3) is 0 Å². The molecule has 1 saturated heterocycles. The van der Waals surface area contributed by atoms with Crippen LogP contribution in [0.15, 0.2) is 24.3 Å². The fraction of sp³-hybridized carbons (Fsp3) is 0.462. The lowest BCUT2D eigenvalue weighted by atomic mass is 10.0. The van der Waals surface area contributed by atoms with Crippen LogP contribution in [0, 0.1) is 11.7 Å². The Hall–Kier alpha value is -1.42. The fourth-order valence-corrected chi connectivity index (χ4v) is 2.18. The first kappa shape index (κ1) is 12.0. The molecule has 0 saturated carbocycles. The summed E-state index contributed by atoms with van der Waals surface area (Å²) in [5, 5.41) is 6.09. The highest BCUT2D eigenvalue weighted by atomic mass is 19.1. The Bertz CT molecular complexity index is 408. The summed E-state index contributed by atoms with van der Waals surface area (Å²) in [6.07, 6.45) is 0.871. The molecule has 17 heavy (non-hydrogen) atoms. The molecular formula is C13H17FN2O. The zero-order chi connectivity index (χ0) is 12.3. The van der Waals surface area contributed by atoms with E-state index >= 15 is 0 Å². The molecule has 1 amide bonds. The molecule has 0 aliphatic carbocycles. The predicted molar refractivity (Wildman–Crippen MR) is 63.8 cm³/mol. The van der Waals surface area contributed by atoms with Crippen LogP contribution in [0.3, 0.4) is 0 Å². The lowest BCUT2D eigenvalue weighted by Crippen LogP contribution is -2.36. The van der Waals surface area contributed by atoms with Gasteiger partial charge in [-0.05, 0) is 37.6 Å². The Morgan fingerprint density at radius 3 is 3.06 bits per heavy atom. The van der Waals surface area contributed by atoms with Gasteiger partial charge in [0.1, 0.15) is 5.82 Å². The van der Waals surface area contributed by atoms with Crippen molar-refractivity contribution in [2.45, 2.75) is 25.9 Å². The number of hydrogen-bond donors (Lipinski definition) is 2. The van der Waals surface area contributed by atoms with Crippen LogP contribution in [0.2, 0.25) is 0 Å². The largest absolute Gasteiger partial charge is 0.352 e. The van der Waals surface area contributed by atoms with Crippen molar-refractivity contribution in [2.75, 3.05) is 6.54 Å². The maximum atomic E-state index is 12.9. The maximum absolute atomic E-state index is 12.9. The van der Waals surface area contributed by atoms with E-state index in [1.165, 1.54) is 12.1 Å². The van der Waals surface area contributed by atoms with Gasteiger partial charge >= 0.3 is 0 Å². The number of benzene rings is 1. The number of nitrogens with one attached hydrogen (secondary N) is 2. The van der Waals surface area contributed by atoms with Crippen molar-refractivity contribution < 1.29 is 9.18 Å². The van der Waals surface area contributed by atoms with E-state index in [0.717, 1.165) is 18.5 Å². The lowest BCUT2D eigenvalue weighted by molar-refractivity contribution is -0.125. The first-order valence-electron chi connectivity index (χ1n) is 5.92. The van der Waals surface area contributed by atoms with Crippen molar-refractivity contribution >= 4 is 5.91 Å². The molecule has 2 rings (SSSR count). The molecule has 1 aromatic carbocycles. The van der Waals surface area contributed by atoms with Crippen LogP contribution < -0.4 is 10.6 Å². The second kappa shape index (κ2) is 5.27. The van der Waals surface area contributed by atoms with Crippen LogP contribution in [-0.2, 0) is 11.3 Å². The molecule has 1 aliphatic rings. The molecule has 2 atom stereocenters. The van der Waals surface area contributed by atoms with Crippen molar-refractivity contribution in [1.29, 1.82) is 0 Å². The van der Waals surface area contributed by atoms with E-state index < -0.39 is 0 Å². The molecule has 2 N–H and O–H groups in total. The molecule has 0 bridgehead atoms. The highest BCUT2D eigenvalue weighted by Crippen LogP contribution is 2.15. The fourth-order valence-electron chi connectivity index (χ4n) is 2.18. The van der Waals surface area contributed by atoms with Crippen LogP contribution in [-0.4, -0.2) is 18.5 Å². The highest BCUT2D eigenvalue weighted by molar-refractivity contribution is 5.79. The van der Waals surface area contributed by atoms with Crippen LogP contribution in [0.5, 0.6) is 0 Å². The molecule has 92 valence electrons. The molecule has 1 heterocycles. The normalized spacial score (nSPS) is 23.6. The minimum absolute atomic E-state index is 0.0311. The number of hydrogen-bond acceptors (Lipinski definition) is 2. The van der Waals surface area contributed by atoms with Crippen LogP contribution in [0.1, 0.15) is 18.9 Å². The summed E-state index contributed by atoms with van der Waals surface area (Å²) in [6.45, 7) is 3.29. The third-order valence-corrected chi connectivity index (χ3v) is 3.22. The van der Waals surface area contributed by atoms with Crippen molar-refractivity contribution in [3.05, 3.63) is 35.6 Å². The predicted octanol–water partition coefficient (Wildman–Crippen LogP) is 1.44. The summed E-state index contributed by atoms with van der Waals surface area (Å²) in [7, 11) is 0. The van der Waals surface area contributed by atoms with Gasteiger partial charge in [-0.2, -0.15) is 0 Å². The summed E-state index contributed by atoms with van der Waals surface area (Å²) >= 11 is 0. The van der Waals surface area contributed by atoms with E-state index in [1.807, 2.05) is 6.92 Å². The van der Waals surface area contributed by atoms with Crippen LogP contribution in [0.4, 0.5) is 4.39 Å². The zero-order valence-electron chi connectivity index (χ0n) is 9.87. The SMILES string of the molecule is C[C@@H]1NCC[C@H]1C(=O)NCc1cccc(F)c1. The minimum Gasteiger partial charge on any atom is -0.352 e. The number of amides is 1. The van der Waals surface area contributed by atoms with Gasteiger partial charge in [0.15, 0.2) is 0 Å². The first-order valence-corrected chi connectivity index (χ1v) is 5.92. The summed E-state index contributed by atoms with van der Waals surface area (Å²) < 4.78 is 12.9. The van der Waals surface area contributed by atoms with E-state index in [9.17, 15) is 9.18 Å². The molecule has 0 unspecified atom stereocenters. The molecule has 3 nitrogen and oxygen atoms in total. The van der Waals surface area contributed by atoms with Crippen molar-refractivity contribution in [1.82, 2.24) is 10.6 Å². The second-order valence-electron chi connectivity index (χ2n) is 4.49. The van der Waals surface area contributed by atoms with Gasteiger partial charge in [0, 0.05) is 12.6 Å². The molecule has 1 aliphatic heterocycles. The Morgan fingerprint density at radius 2 is 2.41 bits per heavy atom. The van der Waals surface area contributed by atoms with Gasteiger partial charge in [0.05, 0.1) is 5.92 Å². The molecule has 4 heteroatoms. The van der Waals surface area contributed by atoms with E-state index in [1.54, 1.807) is 12.1 Å². The van der Waals surface area contributed by atoms with E-state index in [2.05, 4.69) is 10.6 Å². The molecule has 1 fully saturated rings. The minimum atomic E-state index is -0.271. The number of carbonyl (C=O) groups excluding carboxylic acids is 1. The smallest absolute Gasteiger partial charge is 0.224 e. The lowest BCUT2D eigenvalue weighted by Gasteiger charge is -2.14. The molecule has 0 aromatic heterocycles. The monoisotopic (exact) mass is 236 g/mol. The summed E-state index contributed by atoms with van der Waals surface area (Å²) in [6, 6.07) is 6.52. The van der Waals surface area contributed by atoms with E-state index in [0.29, 0.717) is 6.54 Å². The van der Waals surface area contributed by atoms with E-state index in [4.69, 9.17) is 0 Å². The maximum Gasteiger partial charge on any atom is 0.224 e. The quantitative estimate of drug-likeness (QED) is 0.833. The zero-order valence-corrected chi connectivity index (χ0v) is 9.87. The third kappa shape index (κ3) is 3.03. The van der Waals surface area contributed by atoms with Gasteiger partial charge < -0.3 is 10.6 Å². The van der Waals surface area contributed by atoms with Gasteiger partial charge in [-0.3, -0.25) is 4.79 Å². The molecule has 0 spiro atoms. The topological polar surface area (TPSA) is 41.1 Å². The second-order valence-corrected chi connectivity index (χ2v) is 4.49. The summed E-state index contributed by atoms with van der Waals surface area (Å²) in [4.78, 5) is 11.9. The summed E-state index contributed by atoms with van der Waals surface area (Å²) in [5.41, 5.74) is 0.789. The molecule has 1 aromatic rings. The van der Waals surface area contributed by atoms with Crippen LogP contribution >= 0.6 is 0 Å². The average Bonchev–Trinajstić information content (AvgIpc) is 2.72. The van der Waals surface area contributed by atoms with Crippen molar-refractivity contribution in [3.8, 4) is 0 Å². The Balaban J connectivity index is 1.88. The summed E-state index contributed by atoms with van der Waals surface area (Å²) in [5.74, 6) is -0.192. The van der Waals surface area contributed by atoms with Gasteiger partial charge in [0.2, 0.25) is 5.91 Å².